The minimum absolute atomic E-state index is 0.232. The smallest absolute Gasteiger partial charge is 0.302 e. The van der Waals surface area contributed by atoms with Crippen LogP contribution in [0.1, 0.15) is 18.9 Å². The average Bonchev–Trinajstić information content (AvgIpc) is 2.14. The number of carbonyl (C=O) groups excluding carboxylic acids is 1. The molecular weight excluding hydrogens is 168 g/mol. The molecular formula is C9H12N2O2. The topological polar surface area (TPSA) is 52.1 Å². The van der Waals surface area contributed by atoms with Gasteiger partial charge in [0.2, 0.25) is 0 Å². The molecule has 0 spiro atoms. The fourth-order valence-electron chi connectivity index (χ4n) is 0.951. The van der Waals surface area contributed by atoms with Crippen LogP contribution >= 0.6 is 0 Å². The quantitative estimate of drug-likeness (QED) is 0.511. The molecule has 0 aliphatic heterocycles. The van der Waals surface area contributed by atoms with Crippen molar-refractivity contribution in [1.82, 2.24) is 9.97 Å². The fourth-order valence-corrected chi connectivity index (χ4v) is 0.951. The first kappa shape index (κ1) is 9.64. The van der Waals surface area contributed by atoms with Crippen molar-refractivity contribution in [1.29, 1.82) is 0 Å². The van der Waals surface area contributed by atoms with E-state index in [1.165, 1.54) is 13.3 Å². The van der Waals surface area contributed by atoms with Crippen LogP contribution in [0.25, 0.3) is 0 Å². The van der Waals surface area contributed by atoms with Crippen LogP contribution in [0.5, 0.6) is 0 Å². The number of ether oxygens (including phenoxy) is 1. The molecule has 1 aromatic rings. The van der Waals surface area contributed by atoms with Gasteiger partial charge in [-0.3, -0.25) is 4.79 Å². The van der Waals surface area contributed by atoms with E-state index in [1.807, 2.05) is 0 Å². The molecule has 0 bridgehead atoms. The largest absolute Gasteiger partial charge is 0.466 e. The summed E-state index contributed by atoms with van der Waals surface area (Å²) < 4.78 is 4.78. The van der Waals surface area contributed by atoms with Gasteiger partial charge in [0.25, 0.3) is 0 Å². The maximum absolute atomic E-state index is 10.4. The second kappa shape index (κ2) is 5.24. The van der Waals surface area contributed by atoms with Crippen molar-refractivity contribution in [3.8, 4) is 0 Å². The van der Waals surface area contributed by atoms with E-state index in [9.17, 15) is 4.79 Å². The maximum atomic E-state index is 10.4. The molecule has 0 N–H and O–H groups in total. The Morgan fingerprint density at radius 2 is 2.15 bits per heavy atom. The van der Waals surface area contributed by atoms with Gasteiger partial charge in [0, 0.05) is 19.3 Å². The van der Waals surface area contributed by atoms with Gasteiger partial charge >= 0.3 is 5.97 Å². The van der Waals surface area contributed by atoms with Crippen molar-refractivity contribution >= 4 is 5.97 Å². The van der Waals surface area contributed by atoms with Crippen molar-refractivity contribution in [3.05, 3.63) is 24.3 Å². The monoisotopic (exact) mass is 180 g/mol. The van der Waals surface area contributed by atoms with Crippen LogP contribution < -0.4 is 0 Å². The van der Waals surface area contributed by atoms with Crippen LogP contribution in [-0.2, 0) is 16.0 Å². The molecule has 0 aromatic carbocycles. The zero-order valence-electron chi connectivity index (χ0n) is 7.56. The first-order valence-corrected chi connectivity index (χ1v) is 4.16. The lowest BCUT2D eigenvalue weighted by atomic mass is 10.2. The average molecular weight is 180 g/mol. The molecule has 4 nitrogen and oxygen atoms in total. The summed E-state index contributed by atoms with van der Waals surface area (Å²) in [5.41, 5.74) is 1.06. The number of carbonyl (C=O) groups is 1. The molecule has 0 aliphatic carbocycles. The number of aromatic nitrogens is 2. The van der Waals surface area contributed by atoms with Gasteiger partial charge in [0.05, 0.1) is 6.61 Å². The highest BCUT2D eigenvalue weighted by Gasteiger charge is 1.95. The predicted octanol–water partition coefficient (Wildman–Crippen LogP) is 0.972. The van der Waals surface area contributed by atoms with Gasteiger partial charge in [-0.25, -0.2) is 9.97 Å². The van der Waals surface area contributed by atoms with E-state index in [0.29, 0.717) is 6.61 Å². The molecule has 0 saturated carbocycles. The SMILES string of the molecule is CC(=O)OCCCc1cncnc1. The van der Waals surface area contributed by atoms with Crippen molar-refractivity contribution in [2.75, 3.05) is 6.61 Å². The van der Waals surface area contributed by atoms with E-state index in [-0.39, 0.29) is 5.97 Å². The number of esters is 1. The molecule has 1 heterocycles. The van der Waals surface area contributed by atoms with Crippen molar-refractivity contribution in [2.45, 2.75) is 19.8 Å². The minimum Gasteiger partial charge on any atom is -0.466 e. The molecule has 0 unspecified atom stereocenters. The molecule has 0 saturated heterocycles. The van der Waals surface area contributed by atoms with E-state index in [2.05, 4.69) is 9.97 Å². The first-order chi connectivity index (χ1) is 6.29. The molecule has 0 aliphatic rings. The number of rotatable bonds is 4. The number of aryl methyl sites for hydroxylation is 1. The Balaban J connectivity index is 2.17. The summed E-state index contributed by atoms with van der Waals surface area (Å²) >= 11 is 0. The third kappa shape index (κ3) is 4.20. The lowest BCUT2D eigenvalue weighted by Gasteiger charge is -2.00. The summed E-state index contributed by atoms with van der Waals surface area (Å²) in [4.78, 5) is 18.2. The third-order valence-electron chi connectivity index (χ3n) is 1.53. The van der Waals surface area contributed by atoms with E-state index in [4.69, 9.17) is 4.74 Å². The molecule has 0 fully saturated rings. The zero-order valence-corrected chi connectivity index (χ0v) is 7.56. The molecule has 1 aromatic heterocycles. The van der Waals surface area contributed by atoms with E-state index >= 15 is 0 Å². The highest BCUT2D eigenvalue weighted by Crippen LogP contribution is 1.98. The van der Waals surface area contributed by atoms with Gasteiger partial charge in [-0.05, 0) is 18.4 Å². The second-order valence-electron chi connectivity index (χ2n) is 2.69. The Bertz CT molecular complexity index is 262. The van der Waals surface area contributed by atoms with E-state index < -0.39 is 0 Å². The highest BCUT2D eigenvalue weighted by atomic mass is 16.5. The van der Waals surface area contributed by atoms with Crippen LogP contribution in [0.15, 0.2) is 18.7 Å². The number of nitrogens with zero attached hydrogens (tertiary/aromatic N) is 2. The van der Waals surface area contributed by atoms with Crippen LogP contribution in [0.4, 0.5) is 0 Å². The predicted molar refractivity (Wildman–Crippen MR) is 47.0 cm³/mol. The normalized spacial score (nSPS) is 9.62. The third-order valence-corrected chi connectivity index (χ3v) is 1.53. The Labute approximate surface area is 77.0 Å². The summed E-state index contributed by atoms with van der Waals surface area (Å²) in [6.45, 7) is 1.87. The van der Waals surface area contributed by atoms with Gasteiger partial charge < -0.3 is 4.74 Å². The van der Waals surface area contributed by atoms with Gasteiger partial charge in [-0.15, -0.1) is 0 Å². The molecule has 0 radical (unpaired) electrons. The highest BCUT2D eigenvalue weighted by molar-refractivity contribution is 5.65. The van der Waals surface area contributed by atoms with Crippen LogP contribution in [0.2, 0.25) is 0 Å². The fraction of sp³-hybridized carbons (Fsp3) is 0.444. The summed E-state index contributed by atoms with van der Waals surface area (Å²) in [5.74, 6) is -0.232. The Kier molecular flexibility index (Phi) is 3.88. The van der Waals surface area contributed by atoms with Crippen LogP contribution in [-0.4, -0.2) is 22.5 Å². The lowest BCUT2D eigenvalue weighted by Crippen LogP contribution is -2.01. The molecule has 0 amide bonds. The maximum Gasteiger partial charge on any atom is 0.302 e. The Morgan fingerprint density at radius 3 is 2.77 bits per heavy atom. The van der Waals surface area contributed by atoms with Gasteiger partial charge in [0.15, 0.2) is 0 Å². The molecule has 13 heavy (non-hydrogen) atoms. The Morgan fingerprint density at radius 1 is 1.46 bits per heavy atom. The van der Waals surface area contributed by atoms with Crippen molar-refractivity contribution in [3.63, 3.8) is 0 Å². The number of hydrogen-bond acceptors (Lipinski definition) is 4. The van der Waals surface area contributed by atoms with E-state index in [1.54, 1.807) is 12.4 Å². The zero-order chi connectivity index (χ0) is 9.52. The van der Waals surface area contributed by atoms with Crippen molar-refractivity contribution in [2.24, 2.45) is 0 Å². The Hall–Kier alpha value is -1.45. The van der Waals surface area contributed by atoms with Gasteiger partial charge in [0.1, 0.15) is 6.33 Å². The van der Waals surface area contributed by atoms with E-state index in [0.717, 1.165) is 18.4 Å². The molecule has 70 valence electrons. The first-order valence-electron chi connectivity index (χ1n) is 4.16. The molecule has 1 rings (SSSR count). The van der Waals surface area contributed by atoms with Gasteiger partial charge in [-0.2, -0.15) is 0 Å². The summed E-state index contributed by atoms with van der Waals surface area (Å²) in [7, 11) is 0. The molecule has 4 heteroatoms. The standard InChI is InChI=1S/C9H12N2O2/c1-8(12)13-4-2-3-9-5-10-7-11-6-9/h5-7H,2-4H2,1H3. The van der Waals surface area contributed by atoms with Crippen molar-refractivity contribution < 1.29 is 9.53 Å². The van der Waals surface area contributed by atoms with Crippen LogP contribution in [0, 0.1) is 0 Å². The lowest BCUT2D eigenvalue weighted by molar-refractivity contribution is -0.141. The summed E-state index contributed by atoms with van der Waals surface area (Å²) in [6.07, 6.45) is 6.68. The molecule has 0 atom stereocenters. The summed E-state index contributed by atoms with van der Waals surface area (Å²) in [5, 5.41) is 0. The van der Waals surface area contributed by atoms with Crippen LogP contribution in [0.3, 0.4) is 0 Å². The number of hydrogen-bond donors (Lipinski definition) is 0. The second-order valence-corrected chi connectivity index (χ2v) is 2.69. The van der Waals surface area contributed by atoms with Gasteiger partial charge in [-0.1, -0.05) is 0 Å². The minimum atomic E-state index is -0.232. The summed E-state index contributed by atoms with van der Waals surface area (Å²) in [6, 6.07) is 0.